The number of carbonyl (C=O) groups excluding carboxylic acids is 1. The zero-order valence-corrected chi connectivity index (χ0v) is 10.5. The van der Waals surface area contributed by atoms with Gasteiger partial charge in [0.15, 0.2) is 6.29 Å². The molecule has 0 saturated heterocycles. The van der Waals surface area contributed by atoms with Crippen molar-refractivity contribution in [3.63, 3.8) is 0 Å². The number of thiophene rings is 1. The van der Waals surface area contributed by atoms with Gasteiger partial charge in [-0.3, -0.25) is 4.79 Å². The highest BCUT2D eigenvalue weighted by Gasteiger charge is 2.08. The van der Waals surface area contributed by atoms with Crippen LogP contribution in [0.15, 0.2) is 24.3 Å². The molecule has 1 aromatic heterocycles. The maximum Gasteiger partial charge on any atom is 0.160 e. The van der Waals surface area contributed by atoms with Gasteiger partial charge in [0.1, 0.15) is 0 Å². The molecule has 0 saturated carbocycles. The summed E-state index contributed by atoms with van der Waals surface area (Å²) in [6, 6.07) is 8.27. The van der Waals surface area contributed by atoms with Crippen LogP contribution in [0.1, 0.15) is 26.4 Å². The van der Waals surface area contributed by atoms with E-state index in [1.54, 1.807) is 11.3 Å². The highest BCUT2D eigenvalue weighted by Crippen LogP contribution is 2.33. The molecule has 0 N–H and O–H groups in total. The summed E-state index contributed by atoms with van der Waals surface area (Å²) in [6.45, 7) is 6.35. The van der Waals surface area contributed by atoms with Crippen LogP contribution in [0.3, 0.4) is 0 Å². The van der Waals surface area contributed by atoms with Gasteiger partial charge >= 0.3 is 0 Å². The smallest absolute Gasteiger partial charge is 0.160 e. The van der Waals surface area contributed by atoms with Crippen LogP contribution >= 0.6 is 11.3 Å². The maximum absolute atomic E-state index is 10.7. The topological polar surface area (TPSA) is 17.1 Å². The van der Waals surface area contributed by atoms with Gasteiger partial charge in [-0.2, -0.15) is 0 Å². The molecule has 0 spiro atoms. The number of rotatable bonds is 2. The Morgan fingerprint density at radius 2 is 1.69 bits per heavy atom. The van der Waals surface area contributed by atoms with Gasteiger partial charge in [-0.1, -0.05) is 17.7 Å². The minimum atomic E-state index is 0.786. The quantitative estimate of drug-likeness (QED) is 0.708. The van der Waals surface area contributed by atoms with Gasteiger partial charge in [0, 0.05) is 4.88 Å². The number of benzene rings is 1. The van der Waals surface area contributed by atoms with Crippen molar-refractivity contribution in [1.82, 2.24) is 0 Å². The van der Waals surface area contributed by atoms with Gasteiger partial charge in [-0.25, -0.2) is 0 Å². The largest absolute Gasteiger partial charge is 0.297 e. The Morgan fingerprint density at radius 3 is 2.19 bits per heavy atom. The summed E-state index contributed by atoms with van der Waals surface area (Å²) < 4.78 is 0. The Labute approximate surface area is 99.8 Å². The third kappa shape index (κ3) is 1.93. The third-order valence-corrected chi connectivity index (χ3v) is 3.69. The molecule has 0 atom stereocenters. The lowest BCUT2D eigenvalue weighted by molar-refractivity contribution is 0.112. The van der Waals surface area contributed by atoms with Crippen molar-refractivity contribution in [2.45, 2.75) is 20.8 Å². The van der Waals surface area contributed by atoms with Crippen LogP contribution in [0.5, 0.6) is 0 Å². The number of hydrogen-bond acceptors (Lipinski definition) is 2. The first-order valence-electron chi connectivity index (χ1n) is 5.25. The lowest BCUT2D eigenvalue weighted by Gasteiger charge is -2.09. The molecule has 82 valence electrons. The first kappa shape index (κ1) is 11.1. The Balaban J connectivity index is 2.59. The molecular weight excluding hydrogens is 216 g/mol. The number of aryl methyl sites for hydroxylation is 3. The van der Waals surface area contributed by atoms with E-state index in [0.717, 1.165) is 11.2 Å². The fourth-order valence-corrected chi connectivity index (χ4v) is 3.12. The van der Waals surface area contributed by atoms with Crippen molar-refractivity contribution in [3.8, 4) is 10.4 Å². The summed E-state index contributed by atoms with van der Waals surface area (Å²) in [7, 11) is 0. The second-order valence-electron chi connectivity index (χ2n) is 4.09. The summed E-state index contributed by atoms with van der Waals surface area (Å²) in [6.07, 6.45) is 0.910. The zero-order chi connectivity index (χ0) is 11.7. The van der Waals surface area contributed by atoms with Gasteiger partial charge < -0.3 is 0 Å². The van der Waals surface area contributed by atoms with E-state index in [4.69, 9.17) is 0 Å². The number of carbonyl (C=O) groups is 1. The van der Waals surface area contributed by atoms with Gasteiger partial charge in [-0.05, 0) is 49.6 Å². The molecule has 0 radical (unpaired) electrons. The predicted molar refractivity (Wildman–Crippen MR) is 69.4 cm³/mol. The van der Waals surface area contributed by atoms with E-state index < -0.39 is 0 Å². The summed E-state index contributed by atoms with van der Waals surface area (Å²) in [5.74, 6) is 0. The number of aldehydes is 1. The minimum Gasteiger partial charge on any atom is -0.297 e. The van der Waals surface area contributed by atoms with Crippen LogP contribution in [-0.2, 0) is 0 Å². The standard InChI is InChI=1S/C14H14OS/c1-9-6-10(2)14(11(3)7-9)13-5-4-12(8-15)16-13/h4-8H,1-3H3. The minimum absolute atomic E-state index is 0.786. The van der Waals surface area contributed by atoms with Gasteiger partial charge in [0.2, 0.25) is 0 Å². The third-order valence-electron chi connectivity index (χ3n) is 2.67. The van der Waals surface area contributed by atoms with Crippen LogP contribution in [0.2, 0.25) is 0 Å². The SMILES string of the molecule is Cc1cc(C)c(-c2ccc(C=O)s2)c(C)c1. The molecule has 1 nitrogen and oxygen atoms in total. The molecule has 2 heteroatoms. The second kappa shape index (κ2) is 4.22. The first-order valence-corrected chi connectivity index (χ1v) is 6.06. The van der Waals surface area contributed by atoms with E-state index in [1.807, 2.05) is 12.1 Å². The molecule has 1 heterocycles. The summed E-state index contributed by atoms with van der Waals surface area (Å²) in [5.41, 5.74) is 5.10. The maximum atomic E-state index is 10.7. The Kier molecular flexibility index (Phi) is 2.92. The average Bonchev–Trinajstić information content (AvgIpc) is 2.64. The van der Waals surface area contributed by atoms with E-state index in [1.165, 1.54) is 27.1 Å². The molecule has 0 aliphatic rings. The lowest BCUT2D eigenvalue weighted by Crippen LogP contribution is -1.87. The molecule has 0 aliphatic carbocycles. The van der Waals surface area contributed by atoms with Crippen molar-refractivity contribution in [2.24, 2.45) is 0 Å². The molecular formula is C14H14OS. The van der Waals surface area contributed by atoms with Crippen LogP contribution in [0.4, 0.5) is 0 Å². The van der Waals surface area contributed by atoms with Crippen LogP contribution < -0.4 is 0 Å². The molecule has 0 bridgehead atoms. The van der Waals surface area contributed by atoms with Gasteiger partial charge in [0.05, 0.1) is 4.88 Å². The normalized spacial score (nSPS) is 10.4. The van der Waals surface area contributed by atoms with Crippen LogP contribution in [0.25, 0.3) is 10.4 Å². The molecule has 0 aliphatic heterocycles. The van der Waals surface area contributed by atoms with Crippen molar-refractivity contribution in [2.75, 3.05) is 0 Å². The van der Waals surface area contributed by atoms with E-state index in [0.29, 0.717) is 0 Å². The van der Waals surface area contributed by atoms with Crippen molar-refractivity contribution in [1.29, 1.82) is 0 Å². The van der Waals surface area contributed by atoms with Crippen molar-refractivity contribution < 1.29 is 4.79 Å². The Morgan fingerprint density at radius 1 is 1.06 bits per heavy atom. The van der Waals surface area contributed by atoms with Crippen molar-refractivity contribution in [3.05, 3.63) is 45.8 Å². The predicted octanol–water partition coefficient (Wildman–Crippen LogP) is 4.15. The Hall–Kier alpha value is -1.41. The summed E-state index contributed by atoms with van der Waals surface area (Å²) in [5, 5.41) is 0. The molecule has 16 heavy (non-hydrogen) atoms. The highest BCUT2D eigenvalue weighted by molar-refractivity contribution is 7.17. The van der Waals surface area contributed by atoms with Crippen LogP contribution in [0, 0.1) is 20.8 Å². The van der Waals surface area contributed by atoms with Crippen LogP contribution in [-0.4, -0.2) is 6.29 Å². The van der Waals surface area contributed by atoms with Gasteiger partial charge in [-0.15, -0.1) is 11.3 Å². The van der Waals surface area contributed by atoms with E-state index in [-0.39, 0.29) is 0 Å². The van der Waals surface area contributed by atoms with E-state index in [2.05, 4.69) is 32.9 Å². The molecule has 0 unspecified atom stereocenters. The average molecular weight is 230 g/mol. The van der Waals surface area contributed by atoms with Crippen molar-refractivity contribution >= 4 is 17.6 Å². The monoisotopic (exact) mass is 230 g/mol. The lowest BCUT2D eigenvalue weighted by atomic mass is 9.99. The van der Waals surface area contributed by atoms with E-state index in [9.17, 15) is 4.79 Å². The van der Waals surface area contributed by atoms with E-state index >= 15 is 0 Å². The molecule has 0 amide bonds. The summed E-state index contributed by atoms with van der Waals surface area (Å²) >= 11 is 1.55. The number of hydrogen-bond donors (Lipinski definition) is 0. The fourth-order valence-electron chi connectivity index (χ4n) is 2.12. The molecule has 0 fully saturated rings. The summed E-state index contributed by atoms with van der Waals surface area (Å²) in [4.78, 5) is 12.6. The Bertz CT molecular complexity index is 514. The van der Waals surface area contributed by atoms with Gasteiger partial charge in [0.25, 0.3) is 0 Å². The highest BCUT2D eigenvalue weighted by atomic mass is 32.1. The zero-order valence-electron chi connectivity index (χ0n) is 9.70. The molecule has 1 aromatic carbocycles. The second-order valence-corrected chi connectivity index (χ2v) is 5.21. The first-order chi connectivity index (χ1) is 7.61. The molecule has 2 aromatic rings. The molecule has 2 rings (SSSR count). The fraction of sp³-hybridized carbons (Fsp3) is 0.214.